The van der Waals surface area contributed by atoms with E-state index in [1.807, 2.05) is 48.5 Å². The van der Waals surface area contributed by atoms with E-state index >= 15 is 0 Å². The molecule has 0 bridgehead atoms. The van der Waals surface area contributed by atoms with E-state index < -0.39 is 6.04 Å². The second-order valence-electron chi connectivity index (χ2n) is 5.23. The Morgan fingerprint density at radius 2 is 1.70 bits per heavy atom. The highest BCUT2D eigenvalue weighted by Crippen LogP contribution is 2.29. The predicted octanol–water partition coefficient (Wildman–Crippen LogP) is 3.82. The van der Waals surface area contributed by atoms with Gasteiger partial charge in [0.25, 0.3) is 0 Å². The van der Waals surface area contributed by atoms with Gasteiger partial charge in [-0.3, -0.25) is 9.59 Å². The molecule has 0 spiro atoms. The van der Waals surface area contributed by atoms with Gasteiger partial charge in [-0.15, -0.1) is 0 Å². The third-order valence-electron chi connectivity index (χ3n) is 3.48. The van der Waals surface area contributed by atoms with Crippen LogP contribution in [-0.4, -0.2) is 17.9 Å². The lowest BCUT2D eigenvalue weighted by molar-refractivity contribution is -0.122. The second-order valence-corrected chi connectivity index (χ2v) is 7.29. The number of carbonyl (C=O) groups excluding carboxylic acids is 2. The maximum absolute atomic E-state index is 12.0. The van der Waals surface area contributed by atoms with Crippen molar-refractivity contribution in [1.82, 2.24) is 5.32 Å². The van der Waals surface area contributed by atoms with Crippen LogP contribution >= 0.6 is 27.7 Å². The van der Waals surface area contributed by atoms with Gasteiger partial charge in [-0.05, 0) is 55.0 Å². The molecule has 23 heavy (non-hydrogen) atoms. The first-order valence-electron chi connectivity index (χ1n) is 7.24. The Balaban J connectivity index is 1.59. The van der Waals surface area contributed by atoms with Gasteiger partial charge in [0.2, 0.25) is 11.8 Å². The smallest absolute Gasteiger partial charge is 0.246 e. The number of anilines is 1. The number of rotatable bonds is 4. The van der Waals surface area contributed by atoms with Crippen molar-refractivity contribution >= 4 is 45.2 Å². The average Bonchev–Trinajstić information content (AvgIpc) is 2.98. The van der Waals surface area contributed by atoms with Crippen molar-refractivity contribution in [2.45, 2.75) is 28.7 Å². The zero-order valence-electron chi connectivity index (χ0n) is 12.2. The highest BCUT2D eigenvalue weighted by atomic mass is 79.9. The Morgan fingerprint density at radius 3 is 2.26 bits per heavy atom. The molecule has 2 amide bonds. The van der Waals surface area contributed by atoms with Crippen molar-refractivity contribution < 1.29 is 9.59 Å². The lowest BCUT2D eigenvalue weighted by atomic mass is 10.2. The molecule has 0 saturated carbocycles. The number of benzene rings is 2. The van der Waals surface area contributed by atoms with Crippen molar-refractivity contribution in [1.29, 1.82) is 0 Å². The van der Waals surface area contributed by atoms with E-state index in [1.165, 1.54) is 0 Å². The summed E-state index contributed by atoms with van der Waals surface area (Å²) in [5.74, 6) is -0.226. The fourth-order valence-electron chi connectivity index (χ4n) is 2.29. The molecule has 0 aromatic heterocycles. The molecule has 1 saturated heterocycles. The highest BCUT2D eigenvalue weighted by molar-refractivity contribution is 9.10. The first-order chi connectivity index (χ1) is 11.1. The van der Waals surface area contributed by atoms with Crippen molar-refractivity contribution in [2.24, 2.45) is 0 Å². The van der Waals surface area contributed by atoms with Gasteiger partial charge in [0, 0.05) is 26.4 Å². The molecule has 1 aliphatic heterocycles. The first kappa shape index (κ1) is 16.1. The van der Waals surface area contributed by atoms with E-state index in [9.17, 15) is 9.59 Å². The van der Waals surface area contributed by atoms with E-state index in [-0.39, 0.29) is 11.8 Å². The molecule has 0 aliphatic carbocycles. The number of hydrogen-bond donors (Lipinski definition) is 2. The SMILES string of the molecule is O=C1CC[C@@H](C(=O)Nc2ccc(Sc3ccc(Br)cc3)cc2)N1. The molecule has 2 N–H and O–H groups in total. The van der Waals surface area contributed by atoms with Gasteiger partial charge in [-0.25, -0.2) is 0 Å². The molecule has 6 heteroatoms. The second kappa shape index (κ2) is 7.19. The molecule has 2 aromatic carbocycles. The quantitative estimate of drug-likeness (QED) is 0.833. The molecule has 1 atom stereocenters. The van der Waals surface area contributed by atoms with Crippen LogP contribution < -0.4 is 10.6 Å². The molecule has 1 fully saturated rings. The summed E-state index contributed by atoms with van der Waals surface area (Å²) in [6.45, 7) is 0. The maximum Gasteiger partial charge on any atom is 0.246 e. The van der Waals surface area contributed by atoms with Crippen LogP contribution in [0.15, 0.2) is 62.8 Å². The van der Waals surface area contributed by atoms with Gasteiger partial charge in [-0.2, -0.15) is 0 Å². The van der Waals surface area contributed by atoms with Crippen LogP contribution in [0.1, 0.15) is 12.8 Å². The van der Waals surface area contributed by atoms with Crippen LogP contribution in [-0.2, 0) is 9.59 Å². The minimum atomic E-state index is -0.417. The number of halogens is 1. The Labute approximate surface area is 147 Å². The fraction of sp³-hybridized carbons (Fsp3) is 0.176. The molecule has 118 valence electrons. The van der Waals surface area contributed by atoms with Crippen LogP contribution in [0.5, 0.6) is 0 Å². The van der Waals surface area contributed by atoms with Crippen molar-refractivity contribution in [3.05, 3.63) is 53.0 Å². The number of hydrogen-bond acceptors (Lipinski definition) is 3. The lowest BCUT2D eigenvalue weighted by Gasteiger charge is -2.11. The van der Waals surface area contributed by atoms with Crippen molar-refractivity contribution in [2.75, 3.05) is 5.32 Å². The summed E-state index contributed by atoms with van der Waals surface area (Å²) < 4.78 is 1.05. The third-order valence-corrected chi connectivity index (χ3v) is 5.03. The van der Waals surface area contributed by atoms with Gasteiger partial charge in [0.1, 0.15) is 6.04 Å². The van der Waals surface area contributed by atoms with Crippen LogP contribution in [0.25, 0.3) is 0 Å². The van der Waals surface area contributed by atoms with E-state index in [0.717, 1.165) is 20.0 Å². The standard InChI is InChI=1S/C17H15BrN2O2S/c18-11-1-5-13(6-2-11)23-14-7-3-12(4-8-14)19-17(22)15-9-10-16(21)20-15/h1-8,15H,9-10H2,(H,19,22)(H,20,21)/t15-/m0/s1. The largest absolute Gasteiger partial charge is 0.344 e. The van der Waals surface area contributed by atoms with E-state index in [1.54, 1.807) is 11.8 Å². The van der Waals surface area contributed by atoms with E-state index in [4.69, 9.17) is 0 Å². The van der Waals surface area contributed by atoms with Gasteiger partial charge < -0.3 is 10.6 Å². The van der Waals surface area contributed by atoms with E-state index in [0.29, 0.717) is 12.8 Å². The third kappa shape index (κ3) is 4.36. The summed E-state index contributed by atoms with van der Waals surface area (Å²) in [5, 5.41) is 5.50. The average molecular weight is 391 g/mol. The maximum atomic E-state index is 12.0. The molecular weight excluding hydrogens is 376 g/mol. The fourth-order valence-corrected chi connectivity index (χ4v) is 3.37. The van der Waals surface area contributed by atoms with Gasteiger partial charge >= 0.3 is 0 Å². The van der Waals surface area contributed by atoms with Crippen LogP contribution in [0, 0.1) is 0 Å². The molecule has 0 radical (unpaired) electrons. The predicted molar refractivity (Wildman–Crippen MR) is 94.5 cm³/mol. The number of nitrogens with one attached hydrogen (secondary N) is 2. The molecule has 2 aromatic rings. The summed E-state index contributed by atoms with van der Waals surface area (Å²) >= 11 is 5.08. The molecule has 1 aliphatic rings. The minimum absolute atomic E-state index is 0.0635. The van der Waals surface area contributed by atoms with Gasteiger partial charge in [0.15, 0.2) is 0 Å². The summed E-state index contributed by atoms with van der Waals surface area (Å²) in [6.07, 6.45) is 0.975. The monoisotopic (exact) mass is 390 g/mol. The highest BCUT2D eigenvalue weighted by Gasteiger charge is 2.26. The molecule has 4 nitrogen and oxygen atoms in total. The molecular formula is C17H15BrN2O2S. The Kier molecular flexibility index (Phi) is 5.03. The molecule has 0 unspecified atom stereocenters. The number of carbonyl (C=O) groups is 2. The minimum Gasteiger partial charge on any atom is -0.344 e. The van der Waals surface area contributed by atoms with Crippen LogP contribution in [0.3, 0.4) is 0 Å². The summed E-state index contributed by atoms with van der Waals surface area (Å²) in [7, 11) is 0. The molecule has 1 heterocycles. The van der Waals surface area contributed by atoms with Crippen LogP contribution in [0.4, 0.5) is 5.69 Å². The number of amides is 2. The Morgan fingerprint density at radius 1 is 1.09 bits per heavy atom. The van der Waals surface area contributed by atoms with E-state index in [2.05, 4.69) is 26.6 Å². The topological polar surface area (TPSA) is 58.2 Å². The van der Waals surface area contributed by atoms with Crippen LogP contribution in [0.2, 0.25) is 0 Å². The zero-order valence-corrected chi connectivity index (χ0v) is 14.6. The molecule has 3 rings (SSSR count). The van der Waals surface area contributed by atoms with Crippen molar-refractivity contribution in [3.63, 3.8) is 0 Å². The summed E-state index contributed by atoms with van der Waals surface area (Å²) in [5.41, 5.74) is 0.733. The van der Waals surface area contributed by atoms with Crippen molar-refractivity contribution in [3.8, 4) is 0 Å². The van der Waals surface area contributed by atoms with Gasteiger partial charge in [-0.1, -0.05) is 27.7 Å². The summed E-state index contributed by atoms with van der Waals surface area (Å²) in [6, 6.07) is 15.4. The zero-order chi connectivity index (χ0) is 16.2. The lowest BCUT2D eigenvalue weighted by Crippen LogP contribution is -2.37. The Hall–Kier alpha value is -1.79. The summed E-state index contributed by atoms with van der Waals surface area (Å²) in [4.78, 5) is 25.4. The Bertz CT molecular complexity index is 716. The van der Waals surface area contributed by atoms with Gasteiger partial charge in [0.05, 0.1) is 0 Å². The normalized spacial score (nSPS) is 16.9. The first-order valence-corrected chi connectivity index (χ1v) is 8.85.